The van der Waals surface area contributed by atoms with E-state index >= 15 is 0 Å². The number of para-hydroxylation sites is 1. The molecule has 2 N–H and O–H groups in total. The summed E-state index contributed by atoms with van der Waals surface area (Å²) >= 11 is 6.34. The van der Waals surface area contributed by atoms with Crippen LogP contribution >= 0.6 is 11.6 Å². The number of benzene rings is 2. The highest BCUT2D eigenvalue weighted by atomic mass is 35.5. The molecule has 3 rings (SSSR count). The van der Waals surface area contributed by atoms with Crippen LogP contribution < -0.4 is 10.2 Å². The quantitative estimate of drug-likeness (QED) is 0.664. The summed E-state index contributed by atoms with van der Waals surface area (Å²) in [4.78, 5) is 18.0. The molecule has 0 fully saturated rings. The number of aromatic nitrogens is 1. The third kappa shape index (κ3) is 4.65. The SMILES string of the molecule is Cc1cc(C)c(NC(=O)C[NH+](C)Cc2cc3ccccc3nc2Cl)c(C)c1. The van der Waals surface area contributed by atoms with Crippen molar-refractivity contribution < 1.29 is 9.69 Å². The van der Waals surface area contributed by atoms with Crippen molar-refractivity contribution in [3.63, 3.8) is 0 Å². The lowest BCUT2D eigenvalue weighted by atomic mass is 10.1. The minimum atomic E-state index is -0.00701. The van der Waals surface area contributed by atoms with E-state index < -0.39 is 0 Å². The Bertz CT molecular complexity index is 977. The largest absolute Gasteiger partial charge is 0.326 e. The van der Waals surface area contributed by atoms with Gasteiger partial charge in [-0.05, 0) is 44.0 Å². The zero-order chi connectivity index (χ0) is 19.6. The van der Waals surface area contributed by atoms with Crippen molar-refractivity contribution in [2.24, 2.45) is 0 Å². The summed E-state index contributed by atoms with van der Waals surface area (Å²) < 4.78 is 0. The molecule has 140 valence electrons. The molecule has 3 aromatic rings. The molecule has 4 nitrogen and oxygen atoms in total. The number of hydrogen-bond donors (Lipinski definition) is 2. The number of anilines is 1. The summed E-state index contributed by atoms with van der Waals surface area (Å²) in [5.74, 6) is -0.00701. The van der Waals surface area contributed by atoms with Crippen LogP contribution in [0.1, 0.15) is 22.3 Å². The molecule has 0 aliphatic rings. The molecule has 1 amide bonds. The van der Waals surface area contributed by atoms with Crippen LogP contribution in [-0.4, -0.2) is 24.5 Å². The lowest BCUT2D eigenvalue weighted by Crippen LogP contribution is -3.08. The number of fused-ring (bicyclic) bond motifs is 1. The third-order valence-electron chi connectivity index (χ3n) is 4.65. The maximum absolute atomic E-state index is 12.5. The molecule has 0 aliphatic carbocycles. The van der Waals surface area contributed by atoms with Gasteiger partial charge in [0.25, 0.3) is 5.91 Å². The molecule has 0 radical (unpaired) electrons. The van der Waals surface area contributed by atoms with Crippen LogP contribution in [-0.2, 0) is 11.3 Å². The van der Waals surface area contributed by atoms with Crippen LogP contribution in [0, 0.1) is 20.8 Å². The van der Waals surface area contributed by atoms with Gasteiger partial charge in [0.1, 0.15) is 11.7 Å². The first-order valence-electron chi connectivity index (χ1n) is 9.06. The van der Waals surface area contributed by atoms with Crippen molar-refractivity contribution in [1.29, 1.82) is 0 Å². The zero-order valence-electron chi connectivity index (χ0n) is 16.2. The number of carbonyl (C=O) groups is 1. The second-order valence-corrected chi connectivity index (χ2v) is 7.62. The first-order chi connectivity index (χ1) is 12.8. The number of hydrogen-bond acceptors (Lipinski definition) is 2. The molecular formula is C22H25ClN3O+. The molecular weight excluding hydrogens is 358 g/mol. The Kier molecular flexibility index (Phi) is 5.78. The number of carbonyl (C=O) groups excluding carboxylic acids is 1. The van der Waals surface area contributed by atoms with E-state index in [4.69, 9.17) is 11.6 Å². The average molecular weight is 383 g/mol. The number of nitrogens with one attached hydrogen (secondary N) is 2. The van der Waals surface area contributed by atoms with Gasteiger partial charge in [-0.3, -0.25) is 4.79 Å². The Hall–Kier alpha value is -2.43. The second kappa shape index (κ2) is 8.07. The molecule has 1 atom stereocenters. The van der Waals surface area contributed by atoms with Gasteiger partial charge in [-0.25, -0.2) is 4.98 Å². The lowest BCUT2D eigenvalue weighted by molar-refractivity contribution is -0.885. The molecule has 0 saturated carbocycles. The van der Waals surface area contributed by atoms with Gasteiger partial charge in [0.05, 0.1) is 12.6 Å². The van der Waals surface area contributed by atoms with E-state index in [1.54, 1.807) is 0 Å². The Balaban J connectivity index is 1.68. The van der Waals surface area contributed by atoms with Crippen LogP contribution in [0.4, 0.5) is 5.69 Å². The van der Waals surface area contributed by atoms with E-state index in [1.807, 2.05) is 45.2 Å². The number of likely N-dealkylation sites (N-methyl/N-ethyl adjacent to an activating group) is 1. The number of aryl methyl sites for hydroxylation is 3. The molecule has 27 heavy (non-hydrogen) atoms. The predicted molar refractivity (Wildman–Crippen MR) is 111 cm³/mol. The molecule has 1 aromatic heterocycles. The Morgan fingerprint density at radius 2 is 1.78 bits per heavy atom. The highest BCUT2D eigenvalue weighted by Gasteiger charge is 2.15. The molecule has 1 unspecified atom stereocenters. The summed E-state index contributed by atoms with van der Waals surface area (Å²) in [6.45, 7) is 7.09. The Labute approximate surface area is 165 Å². The normalized spacial score (nSPS) is 12.2. The van der Waals surface area contributed by atoms with Crippen LogP contribution in [0.2, 0.25) is 5.15 Å². The highest BCUT2D eigenvalue weighted by molar-refractivity contribution is 6.30. The molecule has 5 heteroatoms. The summed E-state index contributed by atoms with van der Waals surface area (Å²) in [5.41, 5.74) is 6.10. The van der Waals surface area contributed by atoms with Crippen LogP contribution in [0.5, 0.6) is 0 Å². The first-order valence-corrected chi connectivity index (χ1v) is 9.44. The van der Waals surface area contributed by atoms with Crippen molar-refractivity contribution in [2.45, 2.75) is 27.3 Å². The van der Waals surface area contributed by atoms with Crippen molar-refractivity contribution >= 4 is 34.1 Å². The molecule has 0 aliphatic heterocycles. The average Bonchev–Trinajstić information content (AvgIpc) is 2.58. The van der Waals surface area contributed by atoms with Crippen molar-refractivity contribution in [3.05, 3.63) is 69.9 Å². The summed E-state index contributed by atoms with van der Waals surface area (Å²) in [6, 6.07) is 14.1. The molecule has 1 heterocycles. The van der Waals surface area contributed by atoms with Gasteiger partial charge in [-0.1, -0.05) is 47.5 Å². The van der Waals surface area contributed by atoms with Gasteiger partial charge in [0.15, 0.2) is 6.54 Å². The van der Waals surface area contributed by atoms with Crippen molar-refractivity contribution in [1.82, 2.24) is 4.98 Å². The summed E-state index contributed by atoms with van der Waals surface area (Å²) in [7, 11) is 1.99. The topological polar surface area (TPSA) is 46.4 Å². The van der Waals surface area contributed by atoms with E-state index in [0.717, 1.165) is 38.2 Å². The van der Waals surface area contributed by atoms with Gasteiger partial charge >= 0.3 is 0 Å². The number of pyridine rings is 1. The van der Waals surface area contributed by atoms with Crippen LogP contribution in [0.15, 0.2) is 42.5 Å². The monoisotopic (exact) mass is 382 g/mol. The third-order valence-corrected chi connectivity index (χ3v) is 4.97. The number of nitrogens with zero attached hydrogens (tertiary/aromatic N) is 1. The van der Waals surface area contributed by atoms with Crippen molar-refractivity contribution in [3.8, 4) is 0 Å². The molecule has 0 saturated heterocycles. The molecule has 0 bridgehead atoms. The van der Waals surface area contributed by atoms with E-state index in [-0.39, 0.29) is 5.91 Å². The fraction of sp³-hybridized carbons (Fsp3) is 0.273. The maximum atomic E-state index is 12.5. The predicted octanol–water partition coefficient (Wildman–Crippen LogP) is 3.47. The lowest BCUT2D eigenvalue weighted by Gasteiger charge is -2.17. The van der Waals surface area contributed by atoms with Crippen LogP contribution in [0.3, 0.4) is 0 Å². The highest BCUT2D eigenvalue weighted by Crippen LogP contribution is 2.22. The minimum Gasteiger partial charge on any atom is -0.326 e. The Morgan fingerprint density at radius 3 is 2.48 bits per heavy atom. The van der Waals surface area contributed by atoms with E-state index in [2.05, 4.69) is 35.4 Å². The second-order valence-electron chi connectivity index (χ2n) is 7.26. The van der Waals surface area contributed by atoms with Gasteiger partial charge in [-0.15, -0.1) is 0 Å². The van der Waals surface area contributed by atoms with Gasteiger partial charge in [0, 0.05) is 16.6 Å². The smallest absolute Gasteiger partial charge is 0.279 e. The van der Waals surface area contributed by atoms with Crippen LogP contribution in [0.25, 0.3) is 10.9 Å². The first kappa shape index (κ1) is 19.3. The number of halogens is 1. The van der Waals surface area contributed by atoms with E-state index in [1.165, 1.54) is 5.56 Å². The van der Waals surface area contributed by atoms with Gasteiger partial charge in [0.2, 0.25) is 0 Å². The van der Waals surface area contributed by atoms with E-state index in [0.29, 0.717) is 18.2 Å². The van der Waals surface area contributed by atoms with E-state index in [9.17, 15) is 4.79 Å². The molecule has 0 spiro atoms. The number of rotatable bonds is 5. The summed E-state index contributed by atoms with van der Waals surface area (Å²) in [6.07, 6.45) is 0. The van der Waals surface area contributed by atoms with Gasteiger partial charge < -0.3 is 10.2 Å². The Morgan fingerprint density at radius 1 is 1.11 bits per heavy atom. The fourth-order valence-corrected chi connectivity index (χ4v) is 3.70. The van der Waals surface area contributed by atoms with Gasteiger partial charge in [-0.2, -0.15) is 0 Å². The standard InChI is InChI=1S/C22H24ClN3O/c1-14-9-15(2)21(16(3)10-14)25-20(27)13-26(4)12-18-11-17-7-5-6-8-19(17)24-22(18)23/h5-11H,12-13H2,1-4H3,(H,25,27)/p+1. The zero-order valence-corrected chi connectivity index (χ0v) is 16.9. The van der Waals surface area contributed by atoms with Crippen molar-refractivity contribution in [2.75, 3.05) is 18.9 Å². The number of amides is 1. The maximum Gasteiger partial charge on any atom is 0.279 e. The fourth-order valence-electron chi connectivity index (χ4n) is 3.48. The minimum absolute atomic E-state index is 0.00701. The summed E-state index contributed by atoms with van der Waals surface area (Å²) in [5, 5.41) is 4.61. The number of quaternary nitrogens is 1. The molecule has 2 aromatic carbocycles.